The van der Waals surface area contributed by atoms with Crippen molar-refractivity contribution < 1.29 is 0 Å². The smallest absolute Gasteiger partial charge is 0.330 e. The van der Waals surface area contributed by atoms with Crippen LogP contribution in [0.5, 0.6) is 0 Å². The summed E-state index contributed by atoms with van der Waals surface area (Å²) in [6.45, 7) is 6.76. The van der Waals surface area contributed by atoms with E-state index in [2.05, 4.69) is 4.98 Å². The maximum Gasteiger partial charge on any atom is 0.332 e. The molecule has 2 aromatic rings. The Hall–Kier alpha value is -1.89. The molecule has 0 saturated carbocycles. The normalized spacial score (nSPS) is 13.0. The minimum absolute atomic E-state index is 0.0145. The van der Waals surface area contributed by atoms with Gasteiger partial charge in [0, 0.05) is 26.1 Å². The Morgan fingerprint density at radius 3 is 2.50 bits per heavy atom. The number of hydrogen-bond acceptors (Lipinski definition) is 4. The number of hydrogen-bond donors (Lipinski definition) is 1. The zero-order valence-electron chi connectivity index (χ0n) is 13.8. The molecule has 0 fully saturated rings. The lowest BCUT2D eigenvalue weighted by Crippen LogP contribution is -2.41. The molecule has 1 unspecified atom stereocenters. The van der Waals surface area contributed by atoms with Crippen molar-refractivity contribution in [2.45, 2.75) is 52.6 Å². The Morgan fingerprint density at radius 2 is 1.95 bits per heavy atom. The molecule has 2 N–H and O–H groups in total. The van der Waals surface area contributed by atoms with E-state index in [1.54, 1.807) is 9.13 Å². The number of nitrogens with two attached hydrogens (primary N) is 1. The van der Waals surface area contributed by atoms with Gasteiger partial charge in [-0.15, -0.1) is 0 Å². The van der Waals surface area contributed by atoms with E-state index < -0.39 is 0 Å². The molecule has 2 rings (SSSR count). The molecule has 22 heavy (non-hydrogen) atoms. The minimum Gasteiger partial charge on any atom is -0.330 e. The highest BCUT2D eigenvalue weighted by Crippen LogP contribution is 2.16. The molecule has 0 saturated heterocycles. The molecule has 0 bridgehead atoms. The Kier molecular flexibility index (Phi) is 4.85. The van der Waals surface area contributed by atoms with Crippen molar-refractivity contribution in [3.8, 4) is 0 Å². The zero-order valence-corrected chi connectivity index (χ0v) is 13.8. The SMILES string of the molecule is CCc1nc2c(c(=O)n(CCCN)c(=O)n2C(C)CC)n1C. The second-order valence-electron chi connectivity index (χ2n) is 5.62. The van der Waals surface area contributed by atoms with Gasteiger partial charge in [-0.25, -0.2) is 9.78 Å². The number of fused-ring (bicyclic) bond motifs is 1. The standard InChI is InChI=1S/C15H25N5O2/c1-5-10(3)20-13-12(18(4)11(6-2)17-13)14(21)19(15(20)22)9-7-8-16/h10H,5-9,16H2,1-4H3. The molecule has 0 radical (unpaired) electrons. The van der Waals surface area contributed by atoms with E-state index in [4.69, 9.17) is 5.73 Å². The third-order valence-electron chi connectivity index (χ3n) is 4.22. The number of aromatic nitrogens is 4. The second kappa shape index (κ2) is 6.48. The third kappa shape index (κ3) is 2.49. The van der Waals surface area contributed by atoms with Crippen molar-refractivity contribution in [3.05, 3.63) is 26.7 Å². The molecule has 2 aromatic heterocycles. The van der Waals surface area contributed by atoms with Crippen LogP contribution in [0, 0.1) is 0 Å². The highest BCUT2D eigenvalue weighted by Gasteiger charge is 2.21. The topological polar surface area (TPSA) is 87.8 Å². The summed E-state index contributed by atoms with van der Waals surface area (Å²) in [4.78, 5) is 30.0. The van der Waals surface area contributed by atoms with Crippen LogP contribution in [0.15, 0.2) is 9.59 Å². The molecule has 0 aromatic carbocycles. The van der Waals surface area contributed by atoms with E-state index in [1.807, 2.05) is 27.8 Å². The van der Waals surface area contributed by atoms with Crippen molar-refractivity contribution in [2.75, 3.05) is 6.54 Å². The molecule has 1 atom stereocenters. The first kappa shape index (κ1) is 16.5. The van der Waals surface area contributed by atoms with Gasteiger partial charge < -0.3 is 10.3 Å². The first-order chi connectivity index (χ1) is 10.5. The molecular formula is C15H25N5O2. The largest absolute Gasteiger partial charge is 0.332 e. The molecule has 0 aliphatic heterocycles. The molecule has 7 nitrogen and oxygen atoms in total. The maximum atomic E-state index is 12.8. The Labute approximate surface area is 129 Å². The molecule has 122 valence electrons. The number of aryl methyl sites for hydroxylation is 2. The Morgan fingerprint density at radius 1 is 1.27 bits per heavy atom. The Balaban J connectivity index is 2.90. The molecule has 7 heteroatoms. The summed E-state index contributed by atoms with van der Waals surface area (Å²) in [5, 5.41) is 0. The van der Waals surface area contributed by atoms with Gasteiger partial charge in [-0.05, 0) is 26.3 Å². The first-order valence-corrected chi connectivity index (χ1v) is 7.88. The predicted molar refractivity (Wildman–Crippen MR) is 87.3 cm³/mol. The van der Waals surface area contributed by atoms with Crippen LogP contribution in [0.1, 0.15) is 45.5 Å². The maximum absolute atomic E-state index is 12.8. The molecule has 0 spiro atoms. The number of nitrogens with zero attached hydrogens (tertiary/aromatic N) is 4. The van der Waals surface area contributed by atoms with Gasteiger partial charge in [0.2, 0.25) is 0 Å². The van der Waals surface area contributed by atoms with Gasteiger partial charge in [-0.1, -0.05) is 13.8 Å². The van der Waals surface area contributed by atoms with E-state index in [1.165, 1.54) is 4.57 Å². The summed E-state index contributed by atoms with van der Waals surface area (Å²) in [7, 11) is 1.83. The van der Waals surface area contributed by atoms with Gasteiger partial charge in [-0.3, -0.25) is 13.9 Å². The van der Waals surface area contributed by atoms with Crippen LogP contribution in [-0.4, -0.2) is 25.2 Å². The fourth-order valence-corrected chi connectivity index (χ4v) is 2.71. The van der Waals surface area contributed by atoms with E-state index in [0.717, 1.165) is 12.2 Å². The summed E-state index contributed by atoms with van der Waals surface area (Å²) < 4.78 is 4.74. The van der Waals surface area contributed by atoms with Crippen LogP contribution in [0.2, 0.25) is 0 Å². The van der Waals surface area contributed by atoms with E-state index in [9.17, 15) is 9.59 Å². The van der Waals surface area contributed by atoms with Crippen LogP contribution < -0.4 is 17.0 Å². The van der Waals surface area contributed by atoms with E-state index >= 15 is 0 Å². The van der Waals surface area contributed by atoms with Crippen molar-refractivity contribution in [1.82, 2.24) is 18.7 Å². The predicted octanol–water partition coefficient (Wildman–Crippen LogP) is 0.779. The van der Waals surface area contributed by atoms with Gasteiger partial charge in [-0.2, -0.15) is 0 Å². The van der Waals surface area contributed by atoms with Gasteiger partial charge in [0.1, 0.15) is 5.82 Å². The van der Waals surface area contributed by atoms with Gasteiger partial charge in [0.05, 0.1) is 0 Å². The monoisotopic (exact) mass is 307 g/mol. The van der Waals surface area contributed by atoms with Crippen LogP contribution >= 0.6 is 0 Å². The summed E-state index contributed by atoms with van der Waals surface area (Å²) in [6.07, 6.45) is 2.10. The minimum atomic E-state index is -0.291. The van der Waals surface area contributed by atoms with Gasteiger partial charge in [0.15, 0.2) is 11.2 Å². The fraction of sp³-hybridized carbons (Fsp3) is 0.667. The molecule has 2 heterocycles. The van der Waals surface area contributed by atoms with E-state index in [0.29, 0.717) is 37.1 Å². The van der Waals surface area contributed by atoms with Crippen molar-refractivity contribution in [1.29, 1.82) is 0 Å². The van der Waals surface area contributed by atoms with Crippen LogP contribution in [-0.2, 0) is 20.0 Å². The lowest BCUT2D eigenvalue weighted by atomic mass is 10.2. The highest BCUT2D eigenvalue weighted by molar-refractivity contribution is 5.71. The zero-order chi connectivity index (χ0) is 16.4. The van der Waals surface area contributed by atoms with Gasteiger partial charge in [0.25, 0.3) is 5.56 Å². The van der Waals surface area contributed by atoms with Crippen LogP contribution in [0.25, 0.3) is 11.2 Å². The van der Waals surface area contributed by atoms with Crippen molar-refractivity contribution in [3.63, 3.8) is 0 Å². The second-order valence-corrected chi connectivity index (χ2v) is 5.62. The van der Waals surface area contributed by atoms with Crippen molar-refractivity contribution in [2.24, 2.45) is 12.8 Å². The summed E-state index contributed by atoms with van der Waals surface area (Å²) in [6, 6.07) is -0.0145. The summed E-state index contributed by atoms with van der Waals surface area (Å²) >= 11 is 0. The highest BCUT2D eigenvalue weighted by atomic mass is 16.2. The number of rotatable bonds is 6. The van der Waals surface area contributed by atoms with Crippen molar-refractivity contribution >= 4 is 11.2 Å². The van der Waals surface area contributed by atoms with Gasteiger partial charge >= 0.3 is 5.69 Å². The Bertz CT molecular complexity index is 784. The molecular weight excluding hydrogens is 282 g/mol. The summed E-state index contributed by atoms with van der Waals surface area (Å²) in [5.74, 6) is 0.806. The fourth-order valence-electron chi connectivity index (χ4n) is 2.71. The molecule has 0 amide bonds. The lowest BCUT2D eigenvalue weighted by molar-refractivity contribution is 0.478. The molecule has 0 aliphatic carbocycles. The average molecular weight is 307 g/mol. The molecule has 0 aliphatic rings. The number of imidazole rings is 1. The quantitative estimate of drug-likeness (QED) is 0.854. The van der Waals surface area contributed by atoms with Crippen LogP contribution in [0.4, 0.5) is 0 Å². The summed E-state index contributed by atoms with van der Waals surface area (Å²) in [5.41, 5.74) is 5.95. The first-order valence-electron chi connectivity index (χ1n) is 7.88. The van der Waals surface area contributed by atoms with E-state index in [-0.39, 0.29) is 17.3 Å². The van der Waals surface area contributed by atoms with Crippen LogP contribution in [0.3, 0.4) is 0 Å². The lowest BCUT2D eigenvalue weighted by Gasteiger charge is -2.16. The third-order valence-corrected chi connectivity index (χ3v) is 4.22. The average Bonchev–Trinajstić information content (AvgIpc) is 2.83.